The Labute approximate surface area is 219 Å². The van der Waals surface area contributed by atoms with Crippen molar-refractivity contribution < 1.29 is 19.1 Å². The van der Waals surface area contributed by atoms with E-state index in [9.17, 15) is 19.1 Å². The summed E-state index contributed by atoms with van der Waals surface area (Å²) in [4.78, 5) is 34.9. The third-order valence-corrected chi connectivity index (χ3v) is 7.65. The summed E-state index contributed by atoms with van der Waals surface area (Å²) in [5.74, 6) is 0.451. The van der Waals surface area contributed by atoms with Gasteiger partial charge in [-0.15, -0.1) is 0 Å². The van der Waals surface area contributed by atoms with Crippen LogP contribution in [0, 0.1) is 5.82 Å². The number of pyridine rings is 1. The van der Waals surface area contributed by atoms with Gasteiger partial charge >= 0.3 is 6.03 Å². The number of hydrogen-bond acceptors (Lipinski definition) is 5. The van der Waals surface area contributed by atoms with Crippen LogP contribution in [0.2, 0.25) is 0 Å². The van der Waals surface area contributed by atoms with Crippen LogP contribution < -0.4 is 10.2 Å². The van der Waals surface area contributed by atoms with Gasteiger partial charge in [-0.25, -0.2) is 14.2 Å². The molecule has 2 aliphatic heterocycles. The number of anilines is 2. The van der Waals surface area contributed by atoms with Gasteiger partial charge in [0.25, 0.3) is 0 Å². The van der Waals surface area contributed by atoms with Gasteiger partial charge in [-0.1, -0.05) is 0 Å². The van der Waals surface area contributed by atoms with Crippen LogP contribution in [0.5, 0.6) is 5.75 Å². The fourth-order valence-corrected chi connectivity index (χ4v) is 5.62. The van der Waals surface area contributed by atoms with Gasteiger partial charge in [0.1, 0.15) is 17.4 Å². The minimum absolute atomic E-state index is 0.0926. The Bertz CT molecular complexity index is 1560. The van der Waals surface area contributed by atoms with E-state index < -0.39 is 0 Å². The number of halogens is 1. The number of aromatic nitrogens is 2. The number of amides is 2. The molecule has 8 nitrogen and oxygen atoms in total. The summed E-state index contributed by atoms with van der Waals surface area (Å²) in [6.45, 7) is 2.00. The number of phenols is 1. The van der Waals surface area contributed by atoms with Gasteiger partial charge in [0.05, 0.1) is 5.52 Å². The molecule has 0 unspecified atom stereocenters. The minimum atomic E-state index is -0.339. The third-order valence-electron chi connectivity index (χ3n) is 7.65. The molecule has 9 heteroatoms. The zero-order valence-corrected chi connectivity index (χ0v) is 21.0. The minimum Gasteiger partial charge on any atom is -0.508 e. The number of aromatic hydroxyl groups is 1. The Kier molecular flexibility index (Phi) is 5.98. The molecule has 4 aromatic rings. The Hall–Kier alpha value is -4.40. The van der Waals surface area contributed by atoms with Crippen LogP contribution in [-0.2, 0) is 13.5 Å². The number of piperidine rings is 1. The molecule has 0 saturated carbocycles. The Balaban J connectivity index is 1.15. The fourth-order valence-electron chi connectivity index (χ4n) is 5.62. The van der Waals surface area contributed by atoms with E-state index >= 15 is 0 Å². The van der Waals surface area contributed by atoms with E-state index in [4.69, 9.17) is 0 Å². The molecule has 0 radical (unpaired) electrons. The van der Waals surface area contributed by atoms with Crippen LogP contribution in [0.25, 0.3) is 10.9 Å². The van der Waals surface area contributed by atoms with Crippen molar-refractivity contribution in [2.75, 3.05) is 29.9 Å². The molecule has 2 aromatic carbocycles. The number of rotatable bonds is 4. The second-order valence-corrected chi connectivity index (χ2v) is 9.98. The molecule has 0 aliphatic carbocycles. The van der Waals surface area contributed by atoms with Crippen LogP contribution in [-0.4, -0.2) is 57.0 Å². The molecule has 2 aromatic heterocycles. The molecule has 2 amide bonds. The van der Waals surface area contributed by atoms with Crippen molar-refractivity contribution in [1.29, 1.82) is 0 Å². The van der Waals surface area contributed by atoms with Gasteiger partial charge in [-0.3, -0.25) is 4.79 Å². The molecule has 1 fully saturated rings. The Morgan fingerprint density at radius 2 is 1.89 bits per heavy atom. The maximum atomic E-state index is 13.7. The second-order valence-electron chi connectivity index (χ2n) is 9.98. The molecular weight excluding hydrogens is 485 g/mol. The zero-order valence-electron chi connectivity index (χ0n) is 21.0. The van der Waals surface area contributed by atoms with Crippen LogP contribution in [0.15, 0.2) is 60.9 Å². The van der Waals surface area contributed by atoms with E-state index in [2.05, 4.69) is 15.2 Å². The number of benzene rings is 2. The molecule has 0 bridgehead atoms. The van der Waals surface area contributed by atoms with Gasteiger partial charge < -0.3 is 24.8 Å². The molecule has 38 heavy (non-hydrogen) atoms. The lowest BCUT2D eigenvalue weighted by Gasteiger charge is -2.38. The number of urea groups is 1. The lowest BCUT2D eigenvalue weighted by Crippen LogP contribution is -2.49. The number of carbonyl (C=O) groups is 2. The maximum absolute atomic E-state index is 13.7. The summed E-state index contributed by atoms with van der Waals surface area (Å²) in [6.07, 6.45) is 5.63. The number of nitrogens with one attached hydrogen (secondary N) is 1. The van der Waals surface area contributed by atoms with E-state index in [0.29, 0.717) is 48.1 Å². The molecule has 1 saturated heterocycles. The lowest BCUT2D eigenvalue weighted by atomic mass is 10.0. The maximum Gasteiger partial charge on any atom is 0.322 e. The highest BCUT2D eigenvalue weighted by atomic mass is 19.1. The van der Waals surface area contributed by atoms with E-state index in [1.807, 2.05) is 11.0 Å². The third kappa shape index (κ3) is 4.34. The predicted molar refractivity (Wildman–Crippen MR) is 143 cm³/mol. The largest absolute Gasteiger partial charge is 0.508 e. The van der Waals surface area contributed by atoms with Gasteiger partial charge in [0.2, 0.25) is 0 Å². The van der Waals surface area contributed by atoms with Crippen LogP contribution in [0.4, 0.5) is 20.7 Å². The standard InChI is InChI=1S/C29H28FN5O3/c1-33-17-24(23-4-2-20(30)16-26(23)33)28(37)19-6-10-31-27(15-19)34-11-8-21(9-12-34)35-13-7-18-14-22(36)3-5-25(18)32-29(35)38/h2-6,10,14-17,21,36H,7-9,11-13H2,1H3,(H,32,38). The van der Waals surface area contributed by atoms with E-state index in [1.54, 1.807) is 54.3 Å². The first kappa shape index (κ1) is 24.0. The van der Waals surface area contributed by atoms with Crippen molar-refractivity contribution >= 4 is 34.2 Å². The summed E-state index contributed by atoms with van der Waals surface area (Å²) >= 11 is 0. The highest BCUT2D eigenvalue weighted by Crippen LogP contribution is 2.29. The normalized spacial score (nSPS) is 16.3. The summed E-state index contributed by atoms with van der Waals surface area (Å²) < 4.78 is 15.5. The molecule has 2 N–H and O–H groups in total. The van der Waals surface area contributed by atoms with Crippen molar-refractivity contribution in [3.05, 3.63) is 83.4 Å². The van der Waals surface area contributed by atoms with Crippen molar-refractivity contribution in [3.63, 3.8) is 0 Å². The molecule has 0 spiro atoms. The summed E-state index contributed by atoms with van der Waals surface area (Å²) in [5.41, 5.74) is 3.40. The molecule has 6 rings (SSSR count). The summed E-state index contributed by atoms with van der Waals surface area (Å²) in [5, 5.41) is 13.5. The van der Waals surface area contributed by atoms with Crippen LogP contribution >= 0.6 is 0 Å². The number of fused-ring (bicyclic) bond motifs is 2. The molecule has 0 atom stereocenters. The molecule has 2 aliphatic rings. The fraction of sp³-hybridized carbons (Fsp3) is 0.276. The average Bonchev–Trinajstić information content (AvgIpc) is 3.15. The SMILES string of the molecule is Cn1cc(C(=O)c2ccnc(N3CCC(N4CCc5cc(O)ccc5NC4=O)CC3)c2)c2ccc(F)cc21. The Morgan fingerprint density at radius 1 is 1.08 bits per heavy atom. The highest BCUT2D eigenvalue weighted by Gasteiger charge is 2.30. The quantitative estimate of drug-likeness (QED) is 0.305. The van der Waals surface area contributed by atoms with E-state index in [0.717, 1.165) is 29.9 Å². The number of nitrogens with zero attached hydrogens (tertiary/aromatic N) is 4. The van der Waals surface area contributed by atoms with Gasteiger partial charge in [0.15, 0.2) is 5.78 Å². The Morgan fingerprint density at radius 3 is 2.71 bits per heavy atom. The van der Waals surface area contributed by atoms with E-state index in [1.165, 1.54) is 12.1 Å². The van der Waals surface area contributed by atoms with Gasteiger partial charge in [-0.05, 0) is 73.4 Å². The molecule has 194 valence electrons. The lowest BCUT2D eigenvalue weighted by molar-refractivity contribution is 0.104. The molecular formula is C29H28FN5O3. The number of carbonyl (C=O) groups excluding carboxylic acids is 2. The first-order valence-electron chi connectivity index (χ1n) is 12.8. The van der Waals surface area contributed by atoms with Crippen molar-refractivity contribution in [1.82, 2.24) is 14.5 Å². The van der Waals surface area contributed by atoms with Crippen molar-refractivity contribution in [2.24, 2.45) is 7.05 Å². The number of hydrogen-bond donors (Lipinski definition) is 2. The number of ketones is 1. The highest BCUT2D eigenvalue weighted by molar-refractivity contribution is 6.16. The second kappa shape index (κ2) is 9.48. The van der Waals surface area contributed by atoms with Gasteiger partial charge in [-0.2, -0.15) is 0 Å². The van der Waals surface area contributed by atoms with Gasteiger partial charge in [0, 0.05) is 67.3 Å². The van der Waals surface area contributed by atoms with Crippen molar-refractivity contribution in [3.8, 4) is 5.75 Å². The summed E-state index contributed by atoms with van der Waals surface area (Å²) in [6, 6.07) is 13.0. The predicted octanol–water partition coefficient (Wildman–Crippen LogP) is 4.71. The number of aryl methyl sites for hydroxylation is 1. The number of phenolic OH excluding ortho intramolecular Hbond substituents is 1. The monoisotopic (exact) mass is 513 g/mol. The average molecular weight is 514 g/mol. The van der Waals surface area contributed by atoms with Crippen LogP contribution in [0.3, 0.4) is 0 Å². The first-order chi connectivity index (χ1) is 18.4. The van der Waals surface area contributed by atoms with E-state index in [-0.39, 0.29) is 29.4 Å². The smallest absolute Gasteiger partial charge is 0.322 e. The van der Waals surface area contributed by atoms with Crippen LogP contribution in [0.1, 0.15) is 34.3 Å². The summed E-state index contributed by atoms with van der Waals surface area (Å²) in [7, 11) is 1.80. The van der Waals surface area contributed by atoms with Crippen molar-refractivity contribution in [2.45, 2.75) is 25.3 Å². The zero-order chi connectivity index (χ0) is 26.4. The molecule has 4 heterocycles. The first-order valence-corrected chi connectivity index (χ1v) is 12.8. The topological polar surface area (TPSA) is 90.7 Å².